The number of hydrogen-bond donors (Lipinski definition) is 0. The van der Waals surface area contributed by atoms with E-state index in [0.717, 1.165) is 101 Å². The van der Waals surface area contributed by atoms with Crippen molar-refractivity contribution >= 4 is 55.0 Å². The van der Waals surface area contributed by atoms with Crippen molar-refractivity contribution in [2.75, 3.05) is 38.0 Å². The smallest absolute Gasteiger partial charge is 0.139 e. The van der Waals surface area contributed by atoms with Crippen LogP contribution in [-0.2, 0) is 0 Å². The van der Waals surface area contributed by atoms with Crippen molar-refractivity contribution in [3.63, 3.8) is 0 Å². The number of pyridine rings is 2. The van der Waals surface area contributed by atoms with E-state index >= 15 is 0 Å². The quantitative estimate of drug-likeness (QED) is 0.135. The molecule has 0 aliphatic carbocycles. The fourth-order valence-corrected chi connectivity index (χ4v) is 8.47. The zero-order valence-corrected chi connectivity index (χ0v) is 35.7. The standard InChI is InChI=1S/C54H42N8O2/c1-59(2)37-23-25-55-53(29-37)61-49-17-7-5-15-43(49)45-21-19-41(31-51(45)61)63-39-13-9-11-35(27-39)47-33-58-48(34-57-47)36-12-10-14-40(28-36)64-42-20-22-46-44-16-6-8-18-50(44)62(52(46)32-42)54-30-38(60(3)4)24-26-56-54/h5-34H,1-4H3. The number of ether oxygens (including phenoxy) is 2. The van der Waals surface area contributed by atoms with Gasteiger partial charge in [0.2, 0.25) is 0 Å². The normalized spacial score (nSPS) is 11.4. The molecule has 0 fully saturated rings. The molecule has 0 aliphatic rings. The number of rotatable bonds is 10. The summed E-state index contributed by atoms with van der Waals surface area (Å²) in [6.07, 6.45) is 7.30. The van der Waals surface area contributed by atoms with Gasteiger partial charge in [-0.15, -0.1) is 0 Å². The van der Waals surface area contributed by atoms with Crippen molar-refractivity contribution in [3.05, 3.63) is 183 Å². The molecular weight excluding hydrogens is 793 g/mol. The molecule has 64 heavy (non-hydrogen) atoms. The average molecular weight is 835 g/mol. The van der Waals surface area contributed by atoms with Crippen LogP contribution in [0.2, 0.25) is 0 Å². The maximum absolute atomic E-state index is 6.52. The van der Waals surface area contributed by atoms with Crippen molar-refractivity contribution in [2.45, 2.75) is 0 Å². The molecule has 0 saturated carbocycles. The largest absolute Gasteiger partial charge is 0.457 e. The summed E-state index contributed by atoms with van der Waals surface area (Å²) >= 11 is 0. The Morgan fingerprint density at radius 2 is 0.797 bits per heavy atom. The Labute approximate surface area is 369 Å². The number of fused-ring (bicyclic) bond motifs is 6. The molecule has 0 atom stereocenters. The third-order valence-corrected chi connectivity index (χ3v) is 11.6. The Balaban J connectivity index is 0.848. The number of hydrogen-bond acceptors (Lipinski definition) is 8. The summed E-state index contributed by atoms with van der Waals surface area (Å²) < 4.78 is 17.4. The van der Waals surface area contributed by atoms with E-state index in [-0.39, 0.29) is 0 Å². The van der Waals surface area contributed by atoms with E-state index in [1.807, 2.05) is 113 Å². The molecule has 0 aliphatic heterocycles. The molecule has 0 N–H and O–H groups in total. The van der Waals surface area contributed by atoms with Crippen LogP contribution in [0.4, 0.5) is 11.4 Å². The molecule has 0 unspecified atom stereocenters. The summed E-state index contributed by atoms with van der Waals surface area (Å²) in [7, 11) is 8.14. The molecule has 0 amide bonds. The summed E-state index contributed by atoms with van der Waals surface area (Å²) in [6.45, 7) is 0. The van der Waals surface area contributed by atoms with Gasteiger partial charge in [0.25, 0.3) is 0 Å². The fraction of sp³-hybridized carbons (Fsp3) is 0.0741. The SMILES string of the molecule is CN(C)c1ccnc(-n2c3ccccc3c3ccc(Oc4cccc(-c5cnc(-c6cccc(Oc7ccc8c9ccccc9n(-c9cc(N(C)C)ccn9)c8c7)c6)cn5)c4)cc32)c1. The summed E-state index contributed by atoms with van der Waals surface area (Å²) in [5, 5.41) is 4.57. The molecule has 0 spiro atoms. The highest BCUT2D eigenvalue weighted by molar-refractivity contribution is 6.10. The summed E-state index contributed by atoms with van der Waals surface area (Å²) in [5.74, 6) is 4.51. The highest BCUT2D eigenvalue weighted by Crippen LogP contribution is 2.38. The Hall–Kier alpha value is -8.50. The molecule has 5 heterocycles. The van der Waals surface area contributed by atoms with Crippen LogP contribution in [0.3, 0.4) is 0 Å². The summed E-state index contributed by atoms with van der Waals surface area (Å²) in [4.78, 5) is 23.4. The van der Waals surface area contributed by atoms with E-state index in [1.54, 1.807) is 12.4 Å². The van der Waals surface area contributed by atoms with Crippen molar-refractivity contribution in [3.8, 4) is 57.1 Å². The first kappa shape index (κ1) is 38.4. The van der Waals surface area contributed by atoms with Crippen LogP contribution in [0.1, 0.15) is 0 Å². The molecule has 0 radical (unpaired) electrons. The van der Waals surface area contributed by atoms with E-state index in [1.165, 1.54) is 0 Å². The zero-order valence-electron chi connectivity index (χ0n) is 35.7. The predicted molar refractivity (Wildman–Crippen MR) is 259 cm³/mol. The van der Waals surface area contributed by atoms with Crippen molar-refractivity contribution in [1.29, 1.82) is 0 Å². The fourth-order valence-electron chi connectivity index (χ4n) is 8.47. The topological polar surface area (TPSA) is 86.4 Å². The van der Waals surface area contributed by atoms with Crippen LogP contribution in [-0.4, -0.2) is 57.3 Å². The molecule has 5 aromatic heterocycles. The minimum atomic E-state index is 0.694. The molecule has 11 rings (SSSR count). The second kappa shape index (κ2) is 15.8. The summed E-state index contributed by atoms with van der Waals surface area (Å²) in [5.41, 5.74) is 9.60. The number of aromatic nitrogens is 6. The second-order valence-electron chi connectivity index (χ2n) is 16.1. The molecule has 0 saturated heterocycles. The lowest BCUT2D eigenvalue weighted by atomic mass is 10.1. The molecular formula is C54H42N8O2. The molecule has 10 heteroatoms. The van der Waals surface area contributed by atoms with E-state index in [0.29, 0.717) is 11.5 Å². The lowest BCUT2D eigenvalue weighted by Gasteiger charge is -2.14. The second-order valence-corrected chi connectivity index (χ2v) is 16.1. The average Bonchev–Trinajstić information content (AvgIpc) is 3.84. The van der Waals surface area contributed by atoms with Gasteiger partial charge in [-0.25, -0.2) is 9.97 Å². The lowest BCUT2D eigenvalue weighted by Crippen LogP contribution is -2.09. The lowest BCUT2D eigenvalue weighted by molar-refractivity contribution is 0.483. The van der Waals surface area contributed by atoms with Gasteiger partial charge in [-0.2, -0.15) is 0 Å². The first-order valence-corrected chi connectivity index (χ1v) is 21.1. The third-order valence-electron chi connectivity index (χ3n) is 11.6. The van der Waals surface area contributed by atoms with Gasteiger partial charge in [-0.05, 0) is 72.8 Å². The number of nitrogens with zero attached hydrogens (tertiary/aromatic N) is 8. The van der Waals surface area contributed by atoms with Crippen LogP contribution in [0, 0.1) is 0 Å². The first-order valence-electron chi connectivity index (χ1n) is 21.1. The van der Waals surface area contributed by atoms with E-state index in [2.05, 4.69) is 104 Å². The molecule has 310 valence electrons. The van der Waals surface area contributed by atoms with E-state index in [9.17, 15) is 0 Å². The maximum atomic E-state index is 6.52. The third kappa shape index (κ3) is 6.97. The Bertz CT molecular complexity index is 3300. The van der Waals surface area contributed by atoms with Crippen LogP contribution in [0.15, 0.2) is 183 Å². The van der Waals surface area contributed by atoms with Gasteiger partial charge in [-0.1, -0.05) is 60.7 Å². The Kier molecular flexibility index (Phi) is 9.46. The van der Waals surface area contributed by atoms with Gasteiger partial charge < -0.3 is 19.3 Å². The van der Waals surface area contributed by atoms with Crippen LogP contribution >= 0.6 is 0 Å². The van der Waals surface area contributed by atoms with Crippen molar-refractivity contribution in [1.82, 2.24) is 29.1 Å². The first-order chi connectivity index (χ1) is 31.3. The Morgan fingerprint density at radius 3 is 1.23 bits per heavy atom. The predicted octanol–water partition coefficient (Wildman–Crippen LogP) is 12.5. The number of para-hydroxylation sites is 2. The minimum absolute atomic E-state index is 0.694. The summed E-state index contributed by atoms with van der Waals surface area (Å²) in [6, 6.07) is 53.4. The highest BCUT2D eigenvalue weighted by atomic mass is 16.5. The van der Waals surface area contributed by atoms with E-state index < -0.39 is 0 Å². The maximum Gasteiger partial charge on any atom is 0.139 e. The number of anilines is 2. The van der Waals surface area contributed by atoms with Gasteiger partial charge >= 0.3 is 0 Å². The van der Waals surface area contributed by atoms with Crippen molar-refractivity contribution < 1.29 is 9.47 Å². The minimum Gasteiger partial charge on any atom is -0.457 e. The zero-order chi connectivity index (χ0) is 43.3. The number of benzene rings is 6. The van der Waals surface area contributed by atoms with Gasteiger partial charge in [0.15, 0.2) is 0 Å². The highest BCUT2D eigenvalue weighted by Gasteiger charge is 2.17. The molecule has 10 nitrogen and oxygen atoms in total. The van der Waals surface area contributed by atoms with Crippen LogP contribution in [0.25, 0.3) is 77.8 Å². The molecule has 0 bridgehead atoms. The van der Waals surface area contributed by atoms with Gasteiger partial charge in [0.1, 0.15) is 34.6 Å². The van der Waals surface area contributed by atoms with E-state index in [4.69, 9.17) is 29.4 Å². The van der Waals surface area contributed by atoms with Crippen LogP contribution in [0.5, 0.6) is 23.0 Å². The Morgan fingerprint density at radius 1 is 0.375 bits per heavy atom. The molecule has 6 aromatic carbocycles. The van der Waals surface area contributed by atoms with Crippen molar-refractivity contribution in [2.24, 2.45) is 0 Å². The monoisotopic (exact) mass is 834 g/mol. The van der Waals surface area contributed by atoms with Gasteiger partial charge in [0.05, 0.1) is 45.8 Å². The molecule has 11 aromatic rings. The van der Waals surface area contributed by atoms with Crippen LogP contribution < -0.4 is 19.3 Å². The van der Waals surface area contributed by atoms with Gasteiger partial charge in [-0.3, -0.25) is 19.1 Å². The van der Waals surface area contributed by atoms with Gasteiger partial charge in [0, 0.05) is 109 Å².